The average molecular weight is 397 g/mol. The van der Waals surface area contributed by atoms with Crippen molar-refractivity contribution in [1.29, 1.82) is 0 Å². The molecule has 1 aliphatic rings. The highest BCUT2D eigenvalue weighted by atomic mass is 32.2. The number of hydrogen-bond donors (Lipinski definition) is 1. The highest BCUT2D eigenvalue weighted by Gasteiger charge is 2.23. The van der Waals surface area contributed by atoms with E-state index in [1.165, 1.54) is 10.4 Å². The van der Waals surface area contributed by atoms with Crippen molar-refractivity contribution in [3.63, 3.8) is 0 Å². The first-order valence-corrected chi connectivity index (χ1v) is 10.3. The Balaban J connectivity index is 1.51. The zero-order chi connectivity index (χ0) is 19.7. The lowest BCUT2D eigenvalue weighted by molar-refractivity contribution is 0.0945. The Morgan fingerprint density at radius 1 is 1.21 bits per heavy atom. The Morgan fingerprint density at radius 3 is 2.86 bits per heavy atom. The predicted molar refractivity (Wildman–Crippen MR) is 113 cm³/mol. The molecule has 3 aromatic rings. The molecular weight excluding hydrogens is 372 g/mol. The van der Waals surface area contributed by atoms with Gasteiger partial charge in [0.15, 0.2) is 0 Å². The van der Waals surface area contributed by atoms with Crippen LogP contribution in [0.4, 0.5) is 0 Å². The number of para-hydroxylation sites is 1. The molecule has 1 N–H and O–H groups in total. The van der Waals surface area contributed by atoms with E-state index in [9.17, 15) is 4.79 Å². The molecule has 1 aromatic heterocycles. The van der Waals surface area contributed by atoms with Crippen LogP contribution in [0.5, 0.6) is 11.5 Å². The number of carbonyl (C=O) groups excluding carboxylic acids is 1. The molecule has 2 heterocycles. The van der Waals surface area contributed by atoms with Gasteiger partial charge in [-0.05, 0) is 42.3 Å². The first kappa shape index (κ1) is 18.7. The molecule has 28 heavy (non-hydrogen) atoms. The van der Waals surface area contributed by atoms with E-state index < -0.39 is 0 Å². The third kappa shape index (κ3) is 3.44. The van der Waals surface area contributed by atoms with E-state index in [0.29, 0.717) is 18.2 Å². The van der Waals surface area contributed by atoms with Gasteiger partial charge in [0.1, 0.15) is 17.2 Å². The quantitative estimate of drug-likeness (QED) is 0.681. The van der Waals surface area contributed by atoms with Gasteiger partial charge in [0.25, 0.3) is 5.91 Å². The predicted octanol–water partition coefficient (Wildman–Crippen LogP) is 4.13. The summed E-state index contributed by atoms with van der Waals surface area (Å²) in [5.41, 5.74) is 2.91. The largest absolute Gasteiger partial charge is 0.497 e. The fourth-order valence-corrected chi connectivity index (χ4v) is 4.91. The van der Waals surface area contributed by atoms with E-state index >= 15 is 0 Å². The summed E-state index contributed by atoms with van der Waals surface area (Å²) in [4.78, 5) is 14.2. The second-order valence-corrected chi connectivity index (χ2v) is 8.43. The molecule has 0 spiro atoms. The van der Waals surface area contributed by atoms with Crippen molar-refractivity contribution in [2.24, 2.45) is 0 Å². The van der Waals surface area contributed by atoms with Crippen molar-refractivity contribution in [1.82, 2.24) is 9.88 Å². The lowest BCUT2D eigenvalue weighted by Gasteiger charge is -2.22. The minimum atomic E-state index is -0.0388. The molecule has 5 nitrogen and oxygen atoms in total. The van der Waals surface area contributed by atoms with Gasteiger partial charge in [0, 0.05) is 28.6 Å². The van der Waals surface area contributed by atoms with Crippen LogP contribution in [0.25, 0.3) is 10.9 Å². The van der Waals surface area contributed by atoms with Crippen molar-refractivity contribution in [2.45, 2.75) is 30.0 Å². The lowest BCUT2D eigenvalue weighted by Crippen LogP contribution is -2.29. The minimum Gasteiger partial charge on any atom is -0.497 e. The number of nitrogens with one attached hydrogen (secondary N) is 1. The monoisotopic (exact) mass is 396 g/mol. The minimum absolute atomic E-state index is 0.0388. The fraction of sp³-hybridized carbons (Fsp3) is 0.318. The standard InChI is InChI=1S/C22H24N2O3S/c1-14-13-24-18(12-16-5-4-6-20(28-14)21(16)24)22(25)23-10-9-15-11-17(26-2)7-8-19(15)27-3/h4-8,11-12,14H,9-10,13H2,1-3H3,(H,23,25)/t14-/m0/s1. The van der Waals surface area contributed by atoms with E-state index in [4.69, 9.17) is 9.47 Å². The molecule has 1 atom stereocenters. The summed E-state index contributed by atoms with van der Waals surface area (Å²) in [6.45, 7) is 3.57. The molecule has 0 bridgehead atoms. The van der Waals surface area contributed by atoms with Gasteiger partial charge in [0.05, 0.1) is 19.7 Å². The molecular formula is C22H24N2O3S. The van der Waals surface area contributed by atoms with E-state index in [-0.39, 0.29) is 5.91 Å². The third-order valence-electron chi connectivity index (χ3n) is 5.05. The van der Waals surface area contributed by atoms with Crippen molar-refractivity contribution in [3.05, 3.63) is 53.7 Å². The maximum atomic E-state index is 12.9. The van der Waals surface area contributed by atoms with Crippen LogP contribution in [0.3, 0.4) is 0 Å². The Morgan fingerprint density at radius 2 is 2.07 bits per heavy atom. The first-order valence-electron chi connectivity index (χ1n) is 9.38. The van der Waals surface area contributed by atoms with Crippen LogP contribution in [0.15, 0.2) is 47.4 Å². The second-order valence-electron chi connectivity index (χ2n) is 6.95. The zero-order valence-electron chi connectivity index (χ0n) is 16.3. The fourth-order valence-electron chi connectivity index (χ4n) is 3.75. The Labute approximate surface area is 169 Å². The van der Waals surface area contributed by atoms with E-state index in [2.05, 4.69) is 35.0 Å². The van der Waals surface area contributed by atoms with Crippen molar-refractivity contribution >= 4 is 28.6 Å². The van der Waals surface area contributed by atoms with Gasteiger partial charge in [-0.1, -0.05) is 19.1 Å². The van der Waals surface area contributed by atoms with Gasteiger partial charge in [-0.3, -0.25) is 4.79 Å². The number of amides is 1. The zero-order valence-corrected chi connectivity index (χ0v) is 17.1. The van der Waals surface area contributed by atoms with Gasteiger partial charge in [-0.2, -0.15) is 0 Å². The molecule has 1 amide bonds. The van der Waals surface area contributed by atoms with Crippen LogP contribution >= 0.6 is 11.8 Å². The van der Waals surface area contributed by atoms with Crippen LogP contribution in [0, 0.1) is 0 Å². The van der Waals surface area contributed by atoms with Crippen LogP contribution in [0.1, 0.15) is 23.0 Å². The molecule has 0 saturated carbocycles. The van der Waals surface area contributed by atoms with Crippen LogP contribution in [0.2, 0.25) is 0 Å². The lowest BCUT2D eigenvalue weighted by atomic mass is 10.1. The van der Waals surface area contributed by atoms with Crippen LogP contribution in [-0.2, 0) is 13.0 Å². The maximum Gasteiger partial charge on any atom is 0.267 e. The maximum absolute atomic E-state index is 12.9. The smallest absolute Gasteiger partial charge is 0.267 e. The molecule has 4 rings (SSSR count). The number of carbonyl (C=O) groups is 1. The molecule has 0 fully saturated rings. The van der Waals surface area contributed by atoms with E-state index in [0.717, 1.165) is 34.7 Å². The Kier molecular flexibility index (Phi) is 5.22. The molecule has 1 aliphatic heterocycles. The van der Waals surface area contributed by atoms with Crippen molar-refractivity contribution < 1.29 is 14.3 Å². The Hall–Kier alpha value is -2.60. The first-order chi connectivity index (χ1) is 13.6. The van der Waals surface area contributed by atoms with Gasteiger partial charge >= 0.3 is 0 Å². The van der Waals surface area contributed by atoms with Gasteiger partial charge < -0.3 is 19.4 Å². The number of aromatic nitrogens is 1. The number of hydrogen-bond acceptors (Lipinski definition) is 4. The van der Waals surface area contributed by atoms with Gasteiger partial charge in [-0.15, -0.1) is 11.8 Å². The number of thioether (sulfide) groups is 1. The summed E-state index contributed by atoms with van der Waals surface area (Å²) < 4.78 is 12.9. The van der Waals surface area contributed by atoms with Crippen LogP contribution in [-0.4, -0.2) is 36.5 Å². The molecule has 0 aliphatic carbocycles. The summed E-state index contributed by atoms with van der Waals surface area (Å²) >= 11 is 1.87. The molecule has 0 radical (unpaired) electrons. The van der Waals surface area contributed by atoms with Gasteiger partial charge in [0.2, 0.25) is 0 Å². The van der Waals surface area contributed by atoms with Crippen molar-refractivity contribution in [3.8, 4) is 11.5 Å². The summed E-state index contributed by atoms with van der Waals surface area (Å²) in [6.07, 6.45) is 0.670. The molecule has 146 valence electrons. The van der Waals surface area contributed by atoms with Gasteiger partial charge in [-0.25, -0.2) is 0 Å². The summed E-state index contributed by atoms with van der Waals surface area (Å²) in [6, 6.07) is 14.0. The summed E-state index contributed by atoms with van der Waals surface area (Å²) in [5.74, 6) is 1.54. The summed E-state index contributed by atoms with van der Waals surface area (Å²) in [7, 11) is 3.29. The van der Waals surface area contributed by atoms with E-state index in [1.807, 2.05) is 36.0 Å². The molecule has 2 aromatic carbocycles. The topological polar surface area (TPSA) is 52.5 Å². The number of ether oxygens (including phenoxy) is 2. The van der Waals surface area contributed by atoms with Crippen molar-refractivity contribution in [2.75, 3.05) is 20.8 Å². The highest BCUT2D eigenvalue weighted by molar-refractivity contribution is 8.00. The Bertz CT molecular complexity index is 1030. The third-order valence-corrected chi connectivity index (χ3v) is 6.19. The average Bonchev–Trinajstić information content (AvgIpc) is 3.07. The number of benzene rings is 2. The molecule has 0 unspecified atom stereocenters. The van der Waals surface area contributed by atoms with E-state index in [1.54, 1.807) is 14.2 Å². The number of methoxy groups -OCH3 is 2. The molecule has 0 saturated heterocycles. The number of nitrogens with zero attached hydrogens (tertiary/aromatic N) is 1. The SMILES string of the molecule is COc1ccc(OC)c(CCNC(=O)c2cc3cccc4c3n2C[C@H](C)S4)c1. The normalized spacial score (nSPS) is 15.5. The number of rotatable bonds is 6. The molecule has 6 heteroatoms. The van der Waals surface area contributed by atoms with Crippen LogP contribution < -0.4 is 14.8 Å². The second kappa shape index (κ2) is 7.80. The summed E-state index contributed by atoms with van der Waals surface area (Å²) in [5, 5.41) is 4.63. The highest BCUT2D eigenvalue weighted by Crippen LogP contribution is 2.38.